The molecule has 0 bridgehead atoms. The predicted octanol–water partition coefficient (Wildman–Crippen LogP) is 3.41. The zero-order chi connectivity index (χ0) is 18.1. The van der Waals surface area contributed by atoms with Crippen molar-refractivity contribution in [3.63, 3.8) is 0 Å². The van der Waals surface area contributed by atoms with E-state index in [-0.39, 0.29) is 11.8 Å². The maximum atomic E-state index is 12.3. The van der Waals surface area contributed by atoms with E-state index in [9.17, 15) is 4.79 Å². The van der Waals surface area contributed by atoms with Crippen LogP contribution in [-0.4, -0.2) is 42.7 Å². The molecule has 1 aliphatic heterocycles. The second kappa shape index (κ2) is 10.4. The van der Waals surface area contributed by atoms with Crippen LogP contribution in [0.25, 0.3) is 0 Å². The molecule has 0 aromatic heterocycles. The number of anilines is 1. The van der Waals surface area contributed by atoms with Gasteiger partial charge in [0, 0.05) is 12.2 Å². The number of hydrogen-bond acceptors (Lipinski definition) is 4. The molecule has 6 heteroatoms. The van der Waals surface area contributed by atoms with Crippen molar-refractivity contribution in [2.75, 3.05) is 32.1 Å². The minimum absolute atomic E-state index is 0.0000670. The van der Waals surface area contributed by atoms with Crippen LogP contribution in [0.1, 0.15) is 39.0 Å². The number of carbonyl (C=O) groups is 1. The van der Waals surface area contributed by atoms with Crippen LogP contribution in [0.3, 0.4) is 0 Å². The maximum Gasteiger partial charge on any atom is 0.230 e. The number of thiocarbonyl (C=S) groups is 1. The van der Waals surface area contributed by atoms with E-state index in [1.807, 2.05) is 31.3 Å². The van der Waals surface area contributed by atoms with Gasteiger partial charge in [0.2, 0.25) is 5.91 Å². The lowest BCUT2D eigenvalue weighted by atomic mass is 9.98. The number of ether oxygens (including phenoxy) is 1. The third-order valence-electron chi connectivity index (χ3n) is 4.36. The predicted molar refractivity (Wildman–Crippen MR) is 106 cm³/mol. The van der Waals surface area contributed by atoms with Crippen molar-refractivity contribution in [1.29, 1.82) is 0 Å². The van der Waals surface area contributed by atoms with E-state index in [0.717, 1.165) is 50.4 Å². The van der Waals surface area contributed by atoms with E-state index in [1.165, 1.54) is 12.8 Å². The standard InChI is InChI=1S/C19H29N3O2S/c1-3-4-5-13-24-17-10-8-16(9-11-17)20-19(25)21-18(23)15-7-6-12-22(2)14-15/h8-11,15H,3-7,12-14H2,1-2H3,(H2,20,21,23,25)/t15-/m1/s1. The molecule has 1 aromatic rings. The molecule has 2 N–H and O–H groups in total. The first kappa shape index (κ1) is 19.7. The lowest BCUT2D eigenvalue weighted by Crippen LogP contribution is -2.44. The van der Waals surface area contributed by atoms with Crippen LogP contribution in [0.15, 0.2) is 24.3 Å². The second-order valence-corrected chi connectivity index (χ2v) is 7.03. The highest BCUT2D eigenvalue weighted by molar-refractivity contribution is 7.80. The van der Waals surface area contributed by atoms with E-state index in [1.54, 1.807) is 0 Å². The number of carbonyl (C=O) groups excluding carboxylic acids is 1. The molecule has 1 aliphatic rings. The van der Waals surface area contributed by atoms with Crippen molar-refractivity contribution in [3.8, 4) is 5.75 Å². The van der Waals surface area contributed by atoms with E-state index in [4.69, 9.17) is 17.0 Å². The molecule has 0 aliphatic carbocycles. The second-order valence-electron chi connectivity index (χ2n) is 6.62. The van der Waals surface area contributed by atoms with Gasteiger partial charge in [-0.2, -0.15) is 0 Å². The summed E-state index contributed by atoms with van der Waals surface area (Å²) in [5.74, 6) is 0.860. The minimum atomic E-state index is -0.0000670. The molecule has 0 unspecified atom stereocenters. The van der Waals surface area contributed by atoms with Crippen molar-refractivity contribution in [2.45, 2.75) is 39.0 Å². The number of benzene rings is 1. The quantitative estimate of drug-likeness (QED) is 0.574. The number of amides is 1. The summed E-state index contributed by atoms with van der Waals surface area (Å²) in [7, 11) is 2.04. The lowest BCUT2D eigenvalue weighted by molar-refractivity contribution is -0.125. The highest BCUT2D eigenvalue weighted by Gasteiger charge is 2.24. The van der Waals surface area contributed by atoms with Crippen molar-refractivity contribution >= 4 is 28.9 Å². The number of nitrogens with one attached hydrogen (secondary N) is 2. The molecule has 138 valence electrons. The first-order valence-electron chi connectivity index (χ1n) is 9.11. The molecular formula is C19H29N3O2S. The number of piperidine rings is 1. The van der Waals surface area contributed by atoms with E-state index >= 15 is 0 Å². The number of rotatable bonds is 7. The summed E-state index contributed by atoms with van der Waals surface area (Å²) in [6.07, 6.45) is 5.41. The molecule has 1 atom stereocenters. The molecule has 1 amide bonds. The zero-order valence-corrected chi connectivity index (χ0v) is 16.0. The van der Waals surface area contributed by atoms with Gasteiger partial charge in [-0.1, -0.05) is 19.8 Å². The van der Waals surface area contributed by atoms with Gasteiger partial charge in [0.25, 0.3) is 0 Å². The SMILES string of the molecule is CCCCCOc1ccc(NC(=S)NC(=O)[C@@H]2CCCN(C)C2)cc1. The molecule has 0 radical (unpaired) electrons. The van der Waals surface area contributed by atoms with Gasteiger partial charge in [0.1, 0.15) is 5.75 Å². The molecule has 0 saturated carbocycles. The van der Waals surface area contributed by atoms with Crippen LogP contribution < -0.4 is 15.4 Å². The average Bonchev–Trinajstić information content (AvgIpc) is 2.60. The fraction of sp³-hybridized carbons (Fsp3) is 0.579. The van der Waals surface area contributed by atoms with Crippen molar-refractivity contribution in [3.05, 3.63) is 24.3 Å². The Morgan fingerprint density at radius 3 is 2.76 bits per heavy atom. The van der Waals surface area contributed by atoms with Gasteiger partial charge in [-0.3, -0.25) is 4.79 Å². The third kappa shape index (κ3) is 7.00. The summed E-state index contributed by atoms with van der Waals surface area (Å²) in [5, 5.41) is 6.20. The van der Waals surface area contributed by atoms with Crippen LogP contribution in [-0.2, 0) is 4.79 Å². The van der Waals surface area contributed by atoms with Crippen LogP contribution in [0, 0.1) is 5.92 Å². The Morgan fingerprint density at radius 2 is 2.08 bits per heavy atom. The smallest absolute Gasteiger partial charge is 0.230 e. The third-order valence-corrected chi connectivity index (χ3v) is 4.56. The number of unbranched alkanes of at least 4 members (excludes halogenated alkanes) is 2. The van der Waals surface area contributed by atoms with Crippen LogP contribution >= 0.6 is 12.2 Å². The molecule has 25 heavy (non-hydrogen) atoms. The summed E-state index contributed by atoms with van der Waals surface area (Å²) in [6.45, 7) is 4.76. The Bertz CT molecular complexity index is 562. The van der Waals surface area contributed by atoms with Gasteiger partial charge in [-0.15, -0.1) is 0 Å². The molecule has 1 aromatic carbocycles. The Hall–Kier alpha value is -1.66. The summed E-state index contributed by atoms with van der Waals surface area (Å²) < 4.78 is 5.69. The fourth-order valence-electron chi connectivity index (χ4n) is 2.93. The van der Waals surface area contributed by atoms with Gasteiger partial charge < -0.3 is 20.3 Å². The molecule has 0 spiro atoms. The number of nitrogens with zero attached hydrogens (tertiary/aromatic N) is 1. The largest absolute Gasteiger partial charge is 0.494 e. The van der Waals surface area contributed by atoms with Crippen LogP contribution in [0.5, 0.6) is 5.75 Å². The highest BCUT2D eigenvalue weighted by Crippen LogP contribution is 2.17. The molecule has 2 rings (SSSR count). The first-order chi connectivity index (χ1) is 12.1. The Kier molecular flexibility index (Phi) is 8.15. The van der Waals surface area contributed by atoms with Crippen molar-refractivity contribution < 1.29 is 9.53 Å². The van der Waals surface area contributed by atoms with Crippen LogP contribution in [0.2, 0.25) is 0 Å². The zero-order valence-electron chi connectivity index (χ0n) is 15.2. The summed E-state index contributed by atoms with van der Waals surface area (Å²) in [4.78, 5) is 14.5. The lowest BCUT2D eigenvalue weighted by Gasteiger charge is -2.28. The van der Waals surface area contributed by atoms with Gasteiger partial charge in [0.05, 0.1) is 12.5 Å². The molecular weight excluding hydrogens is 334 g/mol. The molecule has 1 heterocycles. The molecule has 1 fully saturated rings. The topological polar surface area (TPSA) is 53.6 Å². The van der Waals surface area contributed by atoms with Gasteiger partial charge in [-0.05, 0) is 69.3 Å². The molecule has 5 nitrogen and oxygen atoms in total. The summed E-state index contributed by atoms with van der Waals surface area (Å²) >= 11 is 5.26. The van der Waals surface area contributed by atoms with Crippen LogP contribution in [0.4, 0.5) is 5.69 Å². The summed E-state index contributed by atoms with van der Waals surface area (Å²) in [5.41, 5.74) is 0.840. The van der Waals surface area contributed by atoms with E-state index in [2.05, 4.69) is 22.5 Å². The molecule has 1 saturated heterocycles. The number of likely N-dealkylation sites (tertiary alicyclic amines) is 1. The fourth-order valence-corrected chi connectivity index (χ4v) is 3.15. The van der Waals surface area contributed by atoms with Crippen molar-refractivity contribution in [1.82, 2.24) is 10.2 Å². The Morgan fingerprint density at radius 1 is 1.32 bits per heavy atom. The Labute approximate surface area is 156 Å². The monoisotopic (exact) mass is 363 g/mol. The maximum absolute atomic E-state index is 12.3. The van der Waals surface area contributed by atoms with Crippen molar-refractivity contribution in [2.24, 2.45) is 5.92 Å². The highest BCUT2D eigenvalue weighted by atomic mass is 32.1. The minimum Gasteiger partial charge on any atom is -0.494 e. The summed E-state index contributed by atoms with van der Waals surface area (Å²) in [6, 6.07) is 7.63. The van der Waals surface area contributed by atoms with E-state index in [0.29, 0.717) is 5.11 Å². The van der Waals surface area contributed by atoms with Gasteiger partial charge >= 0.3 is 0 Å². The van der Waals surface area contributed by atoms with E-state index < -0.39 is 0 Å². The number of hydrogen-bond donors (Lipinski definition) is 2. The Balaban J connectivity index is 1.75. The van der Waals surface area contributed by atoms with Gasteiger partial charge in [0.15, 0.2) is 5.11 Å². The normalized spacial score (nSPS) is 17.8. The van der Waals surface area contributed by atoms with Gasteiger partial charge in [-0.25, -0.2) is 0 Å². The average molecular weight is 364 g/mol. The first-order valence-corrected chi connectivity index (χ1v) is 9.52.